The van der Waals surface area contributed by atoms with Crippen LogP contribution in [0.25, 0.3) is 0 Å². The summed E-state index contributed by atoms with van der Waals surface area (Å²) in [6.07, 6.45) is 3.70. The van der Waals surface area contributed by atoms with Gasteiger partial charge in [0.25, 0.3) is 0 Å². The SMILES string of the molecule is CCC(N)C(Oc1cccc(Cl)c1F)c1cnn(C)c1. The Bertz CT molecular complexity index is 588. The molecule has 2 rings (SSSR count). The van der Waals surface area contributed by atoms with E-state index in [-0.39, 0.29) is 16.8 Å². The standard InChI is InChI=1S/C14H17ClFN3O/c1-3-11(17)14(9-7-18-19(2)8-9)20-12-6-4-5-10(15)13(12)16/h4-8,11,14H,3,17H2,1-2H3. The average Bonchev–Trinajstić information content (AvgIpc) is 2.86. The van der Waals surface area contributed by atoms with E-state index in [9.17, 15) is 4.39 Å². The molecule has 20 heavy (non-hydrogen) atoms. The molecule has 4 nitrogen and oxygen atoms in total. The molecule has 2 N–H and O–H groups in total. The fourth-order valence-electron chi connectivity index (χ4n) is 1.92. The molecule has 0 amide bonds. The van der Waals surface area contributed by atoms with Crippen molar-refractivity contribution in [1.82, 2.24) is 9.78 Å². The number of aromatic nitrogens is 2. The molecule has 0 bridgehead atoms. The summed E-state index contributed by atoms with van der Waals surface area (Å²) in [5.74, 6) is -0.485. The Balaban J connectivity index is 2.31. The molecule has 0 aliphatic rings. The van der Waals surface area contributed by atoms with Gasteiger partial charge in [-0.15, -0.1) is 0 Å². The van der Waals surface area contributed by atoms with Crippen LogP contribution in [0.3, 0.4) is 0 Å². The van der Waals surface area contributed by atoms with Gasteiger partial charge in [0.05, 0.1) is 11.2 Å². The van der Waals surface area contributed by atoms with Crippen LogP contribution in [0, 0.1) is 5.82 Å². The second-order valence-electron chi connectivity index (χ2n) is 4.61. The van der Waals surface area contributed by atoms with E-state index in [1.54, 1.807) is 24.0 Å². The lowest BCUT2D eigenvalue weighted by atomic mass is 10.0. The summed E-state index contributed by atoms with van der Waals surface area (Å²) in [7, 11) is 1.80. The maximum atomic E-state index is 13.9. The highest BCUT2D eigenvalue weighted by Gasteiger charge is 2.23. The van der Waals surface area contributed by atoms with E-state index < -0.39 is 11.9 Å². The minimum atomic E-state index is -0.577. The third kappa shape index (κ3) is 3.11. The third-order valence-corrected chi connectivity index (χ3v) is 3.38. The predicted molar refractivity (Wildman–Crippen MR) is 76.3 cm³/mol. The van der Waals surface area contributed by atoms with Gasteiger partial charge in [-0.3, -0.25) is 4.68 Å². The van der Waals surface area contributed by atoms with E-state index in [2.05, 4.69) is 5.10 Å². The smallest absolute Gasteiger partial charge is 0.183 e. The van der Waals surface area contributed by atoms with Gasteiger partial charge in [-0.25, -0.2) is 4.39 Å². The van der Waals surface area contributed by atoms with E-state index in [4.69, 9.17) is 22.1 Å². The van der Waals surface area contributed by atoms with Crippen LogP contribution in [0.1, 0.15) is 25.0 Å². The number of ether oxygens (including phenoxy) is 1. The van der Waals surface area contributed by atoms with Crippen LogP contribution in [0.2, 0.25) is 5.02 Å². The molecule has 2 unspecified atom stereocenters. The van der Waals surface area contributed by atoms with Gasteiger partial charge < -0.3 is 10.5 Å². The fourth-order valence-corrected chi connectivity index (χ4v) is 2.08. The average molecular weight is 298 g/mol. The molecule has 108 valence electrons. The quantitative estimate of drug-likeness (QED) is 0.923. The van der Waals surface area contributed by atoms with Crippen molar-refractivity contribution in [3.05, 3.63) is 47.0 Å². The molecule has 0 aliphatic heterocycles. The monoisotopic (exact) mass is 297 g/mol. The fraction of sp³-hybridized carbons (Fsp3) is 0.357. The highest BCUT2D eigenvalue weighted by Crippen LogP contribution is 2.30. The predicted octanol–water partition coefficient (Wildman–Crippen LogP) is 3.07. The van der Waals surface area contributed by atoms with Crippen molar-refractivity contribution in [2.24, 2.45) is 12.8 Å². The second kappa shape index (κ2) is 6.24. The van der Waals surface area contributed by atoms with E-state index in [0.717, 1.165) is 5.56 Å². The summed E-state index contributed by atoms with van der Waals surface area (Å²) in [5, 5.41) is 4.12. The summed E-state index contributed by atoms with van der Waals surface area (Å²) < 4.78 is 21.3. The van der Waals surface area contributed by atoms with E-state index in [1.807, 2.05) is 13.1 Å². The Morgan fingerprint density at radius 3 is 2.85 bits per heavy atom. The van der Waals surface area contributed by atoms with Crippen molar-refractivity contribution in [2.45, 2.75) is 25.5 Å². The molecule has 0 aliphatic carbocycles. The zero-order valence-corrected chi connectivity index (χ0v) is 12.1. The van der Waals surface area contributed by atoms with Gasteiger partial charge in [0.2, 0.25) is 0 Å². The van der Waals surface area contributed by atoms with Crippen LogP contribution < -0.4 is 10.5 Å². The first-order chi connectivity index (χ1) is 9.52. The topological polar surface area (TPSA) is 53.1 Å². The van der Waals surface area contributed by atoms with Crippen LogP contribution in [0.15, 0.2) is 30.6 Å². The second-order valence-corrected chi connectivity index (χ2v) is 5.02. The molecule has 6 heteroatoms. The van der Waals surface area contributed by atoms with Crippen molar-refractivity contribution >= 4 is 11.6 Å². The molecule has 1 heterocycles. The number of nitrogens with zero attached hydrogens (tertiary/aromatic N) is 2. The van der Waals surface area contributed by atoms with Gasteiger partial charge in [0, 0.05) is 24.8 Å². The first-order valence-electron chi connectivity index (χ1n) is 6.37. The lowest BCUT2D eigenvalue weighted by molar-refractivity contribution is 0.163. The summed E-state index contributed by atoms with van der Waals surface area (Å²) in [6.45, 7) is 1.95. The van der Waals surface area contributed by atoms with Crippen LogP contribution in [-0.4, -0.2) is 15.8 Å². The van der Waals surface area contributed by atoms with Gasteiger partial charge in [-0.2, -0.15) is 5.10 Å². The Morgan fingerprint density at radius 1 is 1.50 bits per heavy atom. The van der Waals surface area contributed by atoms with Crippen molar-refractivity contribution in [2.75, 3.05) is 0 Å². The number of hydrogen-bond donors (Lipinski definition) is 1. The number of hydrogen-bond acceptors (Lipinski definition) is 3. The highest BCUT2D eigenvalue weighted by molar-refractivity contribution is 6.30. The van der Waals surface area contributed by atoms with E-state index in [0.29, 0.717) is 6.42 Å². The lowest BCUT2D eigenvalue weighted by Crippen LogP contribution is -2.31. The summed E-state index contributed by atoms with van der Waals surface area (Å²) in [4.78, 5) is 0. The molecule has 0 spiro atoms. The molecule has 0 saturated carbocycles. The molecule has 0 saturated heterocycles. The molecule has 2 atom stereocenters. The molecule has 1 aromatic heterocycles. The minimum Gasteiger partial charge on any atom is -0.481 e. The zero-order valence-electron chi connectivity index (χ0n) is 11.4. The van der Waals surface area contributed by atoms with Gasteiger partial charge in [0.15, 0.2) is 11.6 Å². The summed E-state index contributed by atoms with van der Waals surface area (Å²) in [6, 6.07) is 4.38. The molecule has 0 fully saturated rings. The Kier molecular flexibility index (Phi) is 4.62. The molecule has 1 aromatic carbocycles. The number of benzene rings is 1. The van der Waals surface area contributed by atoms with Gasteiger partial charge >= 0.3 is 0 Å². The molecular formula is C14H17ClFN3O. The number of aryl methyl sites for hydroxylation is 1. The number of rotatable bonds is 5. The maximum absolute atomic E-state index is 13.9. The maximum Gasteiger partial charge on any atom is 0.183 e. The Labute approximate surface area is 122 Å². The zero-order chi connectivity index (χ0) is 14.7. The number of halogens is 2. The summed E-state index contributed by atoms with van der Waals surface area (Å²) >= 11 is 5.76. The van der Waals surface area contributed by atoms with Crippen LogP contribution in [-0.2, 0) is 7.05 Å². The lowest BCUT2D eigenvalue weighted by Gasteiger charge is -2.23. The molecule has 2 aromatic rings. The first-order valence-corrected chi connectivity index (χ1v) is 6.75. The molecule has 0 radical (unpaired) electrons. The van der Waals surface area contributed by atoms with Crippen molar-refractivity contribution in [3.63, 3.8) is 0 Å². The van der Waals surface area contributed by atoms with E-state index in [1.165, 1.54) is 12.1 Å². The van der Waals surface area contributed by atoms with Gasteiger partial charge in [-0.1, -0.05) is 24.6 Å². The van der Waals surface area contributed by atoms with Crippen LogP contribution in [0.5, 0.6) is 5.75 Å². The first kappa shape index (κ1) is 14.8. The third-order valence-electron chi connectivity index (χ3n) is 3.08. The largest absolute Gasteiger partial charge is 0.481 e. The van der Waals surface area contributed by atoms with Gasteiger partial charge in [0.1, 0.15) is 6.10 Å². The Hall–Kier alpha value is -1.59. The van der Waals surface area contributed by atoms with Crippen molar-refractivity contribution in [3.8, 4) is 5.75 Å². The van der Waals surface area contributed by atoms with Crippen molar-refractivity contribution < 1.29 is 9.13 Å². The minimum absolute atomic E-state index is 0.0255. The summed E-state index contributed by atoms with van der Waals surface area (Å²) in [5.41, 5.74) is 6.88. The van der Waals surface area contributed by atoms with Crippen LogP contribution >= 0.6 is 11.6 Å². The van der Waals surface area contributed by atoms with E-state index >= 15 is 0 Å². The highest BCUT2D eigenvalue weighted by atomic mass is 35.5. The normalized spacial score (nSPS) is 14.1. The number of nitrogens with two attached hydrogens (primary N) is 1. The Morgan fingerprint density at radius 2 is 2.25 bits per heavy atom. The molecular weight excluding hydrogens is 281 g/mol. The van der Waals surface area contributed by atoms with Crippen LogP contribution in [0.4, 0.5) is 4.39 Å². The van der Waals surface area contributed by atoms with Gasteiger partial charge in [-0.05, 0) is 18.6 Å². The van der Waals surface area contributed by atoms with Crippen molar-refractivity contribution in [1.29, 1.82) is 0 Å².